The number of nitrogens with zero attached hydrogens (tertiary/aromatic N) is 3. The standard InChI is InChI=1S/C58H65N3O11S2/c1-8-60-45-28-26-41-43(30-36(2)31-49(41)74(68,69)70)54(45)57(3,4)50(60)20-14-10-15-21-51-58(5,6)53-42-34-40(73(65,66)67)25-23-38(42)24-27-46(53)61(51)29-17-11-16-22-52(62)71-35-44(37-18-12-9-13-19-37)56(64)72-39-32-47-55(63)48(33-39)59(47)7/h9-10,12-15,18-21,23-28,30-31,34,39,44,47-48,55,63H,8,11,16-17,22,29,32-33,35H2,1-7H3,(H-,65,66,67,68,69,70)/p+1/t39-,44-,47+,48?,55-/m1/s1. The van der Waals surface area contributed by atoms with Crippen molar-refractivity contribution in [1.82, 2.24) is 4.90 Å². The van der Waals surface area contributed by atoms with Crippen molar-refractivity contribution in [3.8, 4) is 0 Å². The van der Waals surface area contributed by atoms with Gasteiger partial charge in [-0.15, -0.1) is 0 Å². The topological polar surface area (TPSA) is 191 Å². The molecule has 10 rings (SSSR count). The van der Waals surface area contributed by atoms with Crippen LogP contribution < -0.4 is 4.90 Å². The molecule has 74 heavy (non-hydrogen) atoms. The number of aliphatic hydroxyl groups excluding tert-OH is 1. The first kappa shape index (κ1) is 52.8. The van der Waals surface area contributed by atoms with E-state index in [4.69, 9.17) is 9.47 Å². The molecule has 1 unspecified atom stereocenters. The normalized spacial score (nSPS) is 22.2. The molecule has 4 heterocycles. The Morgan fingerprint density at radius 2 is 1.53 bits per heavy atom. The number of anilines is 1. The molecule has 0 radical (unpaired) electrons. The van der Waals surface area contributed by atoms with Gasteiger partial charge in [0.15, 0.2) is 5.71 Å². The highest BCUT2D eigenvalue weighted by molar-refractivity contribution is 7.86. The van der Waals surface area contributed by atoms with Crippen molar-refractivity contribution >= 4 is 70.8 Å². The molecule has 5 aliphatic rings. The van der Waals surface area contributed by atoms with Gasteiger partial charge in [0.2, 0.25) is 5.69 Å². The maximum absolute atomic E-state index is 13.6. The Kier molecular flexibility index (Phi) is 14.5. The predicted molar refractivity (Wildman–Crippen MR) is 287 cm³/mol. The van der Waals surface area contributed by atoms with E-state index < -0.39 is 55.0 Å². The number of allylic oxidation sites excluding steroid dienone is 6. The predicted octanol–water partition coefficient (Wildman–Crippen LogP) is 9.62. The fourth-order valence-corrected chi connectivity index (χ4v) is 13.4. The Morgan fingerprint density at radius 3 is 2.20 bits per heavy atom. The van der Waals surface area contributed by atoms with Crippen LogP contribution in [0.1, 0.15) is 101 Å². The molecule has 2 bridgehead atoms. The lowest BCUT2D eigenvalue weighted by Gasteiger charge is -2.56. The molecular weight excluding hydrogens is 979 g/mol. The van der Waals surface area contributed by atoms with Crippen LogP contribution in [0.15, 0.2) is 131 Å². The third kappa shape index (κ3) is 9.88. The van der Waals surface area contributed by atoms with Crippen LogP contribution in [0.25, 0.3) is 21.5 Å². The maximum Gasteiger partial charge on any atom is 0.317 e. The molecule has 1 aliphatic carbocycles. The van der Waals surface area contributed by atoms with Crippen LogP contribution in [0.4, 0.5) is 11.4 Å². The molecule has 0 aromatic heterocycles. The molecule has 2 saturated heterocycles. The van der Waals surface area contributed by atoms with Gasteiger partial charge in [-0.05, 0) is 117 Å². The van der Waals surface area contributed by atoms with E-state index in [0.717, 1.165) is 50.2 Å². The highest BCUT2D eigenvalue weighted by atomic mass is 32.2. The van der Waals surface area contributed by atoms with Crippen molar-refractivity contribution in [3.63, 3.8) is 0 Å². The molecule has 4 aliphatic heterocycles. The summed E-state index contributed by atoms with van der Waals surface area (Å²) in [4.78, 5) is 30.9. The van der Waals surface area contributed by atoms with Gasteiger partial charge in [-0.1, -0.05) is 87.0 Å². The summed E-state index contributed by atoms with van der Waals surface area (Å²) in [5.74, 6) is -1.64. The average Bonchev–Trinajstić information content (AvgIpc) is 3.71. The minimum absolute atomic E-state index is 0.0350. The summed E-state index contributed by atoms with van der Waals surface area (Å²) < 4.78 is 83.8. The van der Waals surface area contributed by atoms with Crippen LogP contribution in [0, 0.1) is 6.92 Å². The Morgan fingerprint density at radius 1 is 0.811 bits per heavy atom. The lowest BCUT2D eigenvalue weighted by Crippen LogP contribution is -2.71. The van der Waals surface area contributed by atoms with E-state index in [0.29, 0.717) is 61.5 Å². The highest BCUT2D eigenvalue weighted by Crippen LogP contribution is 2.51. The fourth-order valence-electron chi connectivity index (χ4n) is 12.1. The summed E-state index contributed by atoms with van der Waals surface area (Å²) in [5.41, 5.74) is 6.07. The van der Waals surface area contributed by atoms with E-state index in [9.17, 15) is 40.6 Å². The Bertz CT molecular complexity index is 3390. The lowest BCUT2D eigenvalue weighted by molar-refractivity contribution is -0.433. The van der Waals surface area contributed by atoms with E-state index in [1.807, 2.05) is 86.8 Å². The number of hydrogen-bond donors (Lipinski definition) is 3. The summed E-state index contributed by atoms with van der Waals surface area (Å²) >= 11 is 0. The summed E-state index contributed by atoms with van der Waals surface area (Å²) in [6, 6.07) is 24.9. The van der Waals surface area contributed by atoms with Gasteiger partial charge in [0.05, 0.1) is 16.4 Å². The van der Waals surface area contributed by atoms with E-state index in [2.05, 4.69) is 61.1 Å². The van der Waals surface area contributed by atoms with Crippen molar-refractivity contribution in [3.05, 3.63) is 143 Å². The first-order chi connectivity index (χ1) is 35.0. The number of carbonyl (C=O) groups excluding carboxylic acids is 2. The molecule has 0 amide bonds. The number of esters is 2. The number of fused-ring (bicyclic) bond motifs is 8. The summed E-state index contributed by atoms with van der Waals surface area (Å²) in [6.45, 7) is 13.4. The van der Waals surface area contributed by atoms with Crippen LogP contribution in [-0.4, -0.2) is 109 Å². The van der Waals surface area contributed by atoms with Crippen LogP contribution in [0.5, 0.6) is 0 Å². The number of benzene rings is 5. The first-order valence-electron chi connectivity index (χ1n) is 25.4. The molecular formula is C58H66N3O11S2+. The summed E-state index contributed by atoms with van der Waals surface area (Å²) in [6.07, 6.45) is 12.6. The minimum atomic E-state index is -4.48. The highest BCUT2D eigenvalue weighted by Gasteiger charge is 2.52. The molecule has 16 heteroatoms. The van der Waals surface area contributed by atoms with Crippen molar-refractivity contribution in [1.29, 1.82) is 0 Å². The second-order valence-corrected chi connectivity index (χ2v) is 24.0. The summed E-state index contributed by atoms with van der Waals surface area (Å²) in [5, 5.41) is 13.1. The second kappa shape index (κ2) is 20.3. The molecule has 5 aromatic rings. The van der Waals surface area contributed by atoms with E-state index in [1.165, 1.54) is 18.2 Å². The lowest BCUT2D eigenvalue weighted by atomic mass is 9.76. The SMILES string of the molecule is CC[N+]1=C(/C=C/C=C/C=C2/N(CCCCCC(=O)OC[C@@H](C(=O)O[C@H]3CC4[C@H](O)[C@H](C3)N4C)c3ccccc3)c3ccc4ccc(S(=O)(=O)O)cc4c3C2(C)C)C(C)(C)c2c1ccc1c(S(=O)(=O)O)cc(C)cc21. The second-order valence-electron chi connectivity index (χ2n) is 21.2. The number of aliphatic hydroxyl groups is 1. The Labute approximate surface area is 434 Å². The van der Waals surface area contributed by atoms with E-state index in [-0.39, 0.29) is 41.0 Å². The largest absolute Gasteiger partial charge is 0.464 e. The van der Waals surface area contributed by atoms with Gasteiger partial charge in [-0.3, -0.25) is 23.6 Å². The molecule has 5 aromatic carbocycles. The van der Waals surface area contributed by atoms with Gasteiger partial charge in [0, 0.05) is 77.8 Å². The zero-order valence-corrected chi connectivity index (χ0v) is 44.6. The van der Waals surface area contributed by atoms with Gasteiger partial charge < -0.3 is 19.5 Å². The van der Waals surface area contributed by atoms with Gasteiger partial charge >= 0.3 is 11.9 Å². The number of ether oxygens (including phenoxy) is 2. The van der Waals surface area contributed by atoms with Crippen molar-refractivity contribution < 1.29 is 54.7 Å². The molecule has 1 saturated carbocycles. The Hall–Kier alpha value is -6.01. The van der Waals surface area contributed by atoms with Crippen molar-refractivity contribution in [2.24, 2.45) is 0 Å². The monoisotopic (exact) mass is 1040 g/mol. The van der Waals surface area contributed by atoms with Gasteiger partial charge in [0.1, 0.15) is 30.1 Å². The number of carbonyl (C=O) groups is 2. The van der Waals surface area contributed by atoms with Gasteiger partial charge in [-0.2, -0.15) is 21.4 Å². The number of likely N-dealkylation sites (N-methyl/N-ethyl adjacent to an activating group) is 1. The minimum Gasteiger partial charge on any atom is -0.464 e. The van der Waals surface area contributed by atoms with Crippen LogP contribution in [0.3, 0.4) is 0 Å². The number of hydrogen-bond acceptors (Lipinski definition) is 11. The number of rotatable bonds is 17. The molecule has 14 nitrogen and oxygen atoms in total. The van der Waals surface area contributed by atoms with E-state index in [1.54, 1.807) is 12.1 Å². The smallest absolute Gasteiger partial charge is 0.317 e. The maximum atomic E-state index is 13.6. The number of aryl methyl sites for hydroxylation is 1. The zero-order valence-electron chi connectivity index (χ0n) is 43.0. The molecule has 5 atom stereocenters. The first-order valence-corrected chi connectivity index (χ1v) is 28.3. The Balaban J connectivity index is 0.907. The summed E-state index contributed by atoms with van der Waals surface area (Å²) in [7, 11) is -6.98. The quantitative estimate of drug-likeness (QED) is 0.0263. The molecule has 390 valence electrons. The third-order valence-corrected chi connectivity index (χ3v) is 17.5. The molecule has 3 N–H and O–H groups in total. The van der Waals surface area contributed by atoms with Gasteiger partial charge in [0.25, 0.3) is 20.2 Å². The fraction of sp³-hybridized carbons (Fsp3) is 0.397. The number of unbranched alkanes of at least 4 members (excludes halogenated alkanes) is 2. The van der Waals surface area contributed by atoms with Crippen LogP contribution in [0.2, 0.25) is 0 Å². The molecule has 0 spiro atoms. The third-order valence-electron chi connectivity index (χ3n) is 15.8. The zero-order chi connectivity index (χ0) is 53.1. The van der Waals surface area contributed by atoms with Crippen molar-refractivity contribution in [2.75, 3.05) is 31.6 Å². The van der Waals surface area contributed by atoms with Crippen LogP contribution >= 0.6 is 0 Å². The van der Waals surface area contributed by atoms with E-state index >= 15 is 0 Å². The van der Waals surface area contributed by atoms with Crippen molar-refractivity contribution in [2.45, 2.75) is 131 Å². The average molecular weight is 1050 g/mol. The number of piperidine rings is 1. The van der Waals surface area contributed by atoms with Crippen LogP contribution in [-0.2, 0) is 50.1 Å². The molecule has 3 fully saturated rings. The van der Waals surface area contributed by atoms with Gasteiger partial charge in [-0.25, -0.2) is 0 Å².